The smallest absolute Gasteiger partial charge is 0.337 e. The number of fused-ring (bicyclic) bond motifs is 1. The first-order valence-electron chi connectivity index (χ1n) is 5.81. The lowest BCUT2D eigenvalue weighted by molar-refractivity contribution is -0.119. The topological polar surface area (TPSA) is 104 Å². The number of aromatic amines is 1. The highest BCUT2D eigenvalue weighted by atomic mass is 16.4. The van der Waals surface area contributed by atoms with Crippen LogP contribution in [0, 0.1) is 0 Å². The largest absolute Gasteiger partial charge is 0.478 e. The number of hydrogen-bond acceptors (Lipinski definition) is 3. The molecule has 7 heteroatoms. The quantitative estimate of drug-likeness (QED) is 0.712. The molecule has 1 aliphatic heterocycles. The summed E-state index contributed by atoms with van der Waals surface area (Å²) in [6.07, 6.45) is 0.181. The van der Waals surface area contributed by atoms with E-state index in [1.807, 2.05) is 0 Å². The number of carboxylic acids is 1. The van der Waals surface area contributed by atoms with Crippen molar-refractivity contribution in [3.8, 4) is 0 Å². The van der Waals surface area contributed by atoms with E-state index in [4.69, 9.17) is 0 Å². The number of nitrogens with zero attached hydrogens (tertiary/aromatic N) is 1. The number of para-hydroxylation sites is 1. The zero-order valence-corrected chi connectivity index (χ0v) is 9.84. The minimum Gasteiger partial charge on any atom is -0.478 e. The van der Waals surface area contributed by atoms with Crippen molar-refractivity contribution < 1.29 is 14.7 Å². The van der Waals surface area contributed by atoms with Crippen molar-refractivity contribution in [2.24, 2.45) is 0 Å². The van der Waals surface area contributed by atoms with E-state index < -0.39 is 11.7 Å². The molecule has 1 aliphatic rings. The van der Waals surface area contributed by atoms with Gasteiger partial charge in [0.1, 0.15) is 0 Å². The number of aromatic nitrogens is 2. The average molecular weight is 261 g/mol. The SMILES string of the molecule is O=C1CC(n2c(=O)[nH]c3cccc(C(=O)O)c32)CN1. The zero-order chi connectivity index (χ0) is 13.6. The van der Waals surface area contributed by atoms with E-state index >= 15 is 0 Å². The zero-order valence-electron chi connectivity index (χ0n) is 9.84. The van der Waals surface area contributed by atoms with Gasteiger partial charge in [-0.15, -0.1) is 0 Å². The summed E-state index contributed by atoms with van der Waals surface area (Å²) >= 11 is 0. The molecule has 1 fully saturated rings. The summed E-state index contributed by atoms with van der Waals surface area (Å²) in [5.74, 6) is -1.24. The first-order valence-corrected chi connectivity index (χ1v) is 5.81. The van der Waals surface area contributed by atoms with Crippen LogP contribution in [0.2, 0.25) is 0 Å². The molecule has 1 amide bonds. The van der Waals surface area contributed by atoms with Crippen LogP contribution in [0.5, 0.6) is 0 Å². The summed E-state index contributed by atoms with van der Waals surface area (Å²) in [7, 11) is 0. The van der Waals surface area contributed by atoms with E-state index in [-0.39, 0.29) is 23.9 Å². The maximum Gasteiger partial charge on any atom is 0.337 e. The van der Waals surface area contributed by atoms with Crippen LogP contribution in [0.4, 0.5) is 0 Å². The third-order valence-corrected chi connectivity index (χ3v) is 3.29. The lowest BCUT2D eigenvalue weighted by Gasteiger charge is -2.10. The summed E-state index contributed by atoms with van der Waals surface area (Å²) < 4.78 is 1.36. The Bertz CT molecular complexity index is 743. The van der Waals surface area contributed by atoms with Crippen LogP contribution in [0.1, 0.15) is 22.8 Å². The van der Waals surface area contributed by atoms with Gasteiger partial charge in [0.25, 0.3) is 0 Å². The maximum absolute atomic E-state index is 12.0. The predicted octanol–water partition coefficient (Wildman–Crippen LogP) is 0.0888. The number of carboxylic acid groups (broad SMARTS) is 1. The van der Waals surface area contributed by atoms with E-state index in [2.05, 4.69) is 10.3 Å². The van der Waals surface area contributed by atoms with Crippen LogP contribution in [0.15, 0.2) is 23.0 Å². The Morgan fingerprint density at radius 2 is 2.16 bits per heavy atom. The number of carbonyl (C=O) groups is 2. The summed E-state index contributed by atoms with van der Waals surface area (Å²) in [6, 6.07) is 4.31. The van der Waals surface area contributed by atoms with Crippen molar-refractivity contribution in [3.05, 3.63) is 34.2 Å². The number of aromatic carboxylic acids is 1. The molecule has 1 atom stereocenters. The van der Waals surface area contributed by atoms with Crippen molar-refractivity contribution in [2.45, 2.75) is 12.5 Å². The van der Waals surface area contributed by atoms with Crippen molar-refractivity contribution in [1.29, 1.82) is 0 Å². The van der Waals surface area contributed by atoms with Gasteiger partial charge in [-0.2, -0.15) is 0 Å². The van der Waals surface area contributed by atoms with Gasteiger partial charge in [-0.1, -0.05) is 6.07 Å². The van der Waals surface area contributed by atoms with E-state index in [9.17, 15) is 19.5 Å². The van der Waals surface area contributed by atoms with Gasteiger partial charge >= 0.3 is 11.7 Å². The molecule has 2 heterocycles. The Hall–Kier alpha value is -2.57. The lowest BCUT2D eigenvalue weighted by atomic mass is 10.1. The van der Waals surface area contributed by atoms with Gasteiger partial charge in [-0.25, -0.2) is 9.59 Å². The van der Waals surface area contributed by atoms with Crippen LogP contribution < -0.4 is 11.0 Å². The molecule has 1 aromatic carbocycles. The number of benzene rings is 1. The summed E-state index contributed by atoms with van der Waals surface area (Å²) in [4.78, 5) is 37.1. The van der Waals surface area contributed by atoms with Crippen LogP contribution >= 0.6 is 0 Å². The highest BCUT2D eigenvalue weighted by Gasteiger charge is 2.27. The third-order valence-electron chi connectivity index (χ3n) is 3.29. The van der Waals surface area contributed by atoms with Gasteiger partial charge < -0.3 is 15.4 Å². The Balaban J connectivity index is 2.28. The van der Waals surface area contributed by atoms with Gasteiger partial charge in [-0.3, -0.25) is 9.36 Å². The molecule has 1 aromatic heterocycles. The number of hydrogen-bond donors (Lipinski definition) is 3. The lowest BCUT2D eigenvalue weighted by Crippen LogP contribution is -2.24. The first-order chi connectivity index (χ1) is 9.08. The molecule has 1 saturated heterocycles. The fourth-order valence-electron chi connectivity index (χ4n) is 2.47. The summed E-state index contributed by atoms with van der Waals surface area (Å²) in [5, 5.41) is 11.8. The number of nitrogens with one attached hydrogen (secondary N) is 2. The molecule has 0 bridgehead atoms. The molecule has 0 spiro atoms. The van der Waals surface area contributed by atoms with Crippen LogP contribution in [-0.4, -0.2) is 33.1 Å². The van der Waals surface area contributed by atoms with Crippen molar-refractivity contribution in [1.82, 2.24) is 14.9 Å². The molecule has 1 unspecified atom stereocenters. The summed E-state index contributed by atoms with van der Waals surface area (Å²) in [5.41, 5.74) is 0.450. The monoisotopic (exact) mass is 261 g/mol. The molecular weight excluding hydrogens is 250 g/mol. The minimum absolute atomic E-state index is 0.0511. The molecule has 0 aliphatic carbocycles. The Morgan fingerprint density at radius 1 is 1.37 bits per heavy atom. The second kappa shape index (κ2) is 3.98. The molecular formula is C12H11N3O4. The molecule has 0 radical (unpaired) electrons. The Kier molecular flexibility index (Phi) is 2.41. The second-order valence-electron chi connectivity index (χ2n) is 4.47. The van der Waals surface area contributed by atoms with Crippen molar-refractivity contribution in [2.75, 3.05) is 6.54 Å². The van der Waals surface area contributed by atoms with Gasteiger partial charge in [0, 0.05) is 13.0 Å². The molecule has 7 nitrogen and oxygen atoms in total. The second-order valence-corrected chi connectivity index (χ2v) is 4.47. The highest BCUT2D eigenvalue weighted by molar-refractivity contribution is 6.01. The number of amides is 1. The molecule has 3 N–H and O–H groups in total. The van der Waals surface area contributed by atoms with Crippen LogP contribution in [-0.2, 0) is 4.79 Å². The number of rotatable bonds is 2. The van der Waals surface area contributed by atoms with Gasteiger partial charge in [0.05, 0.1) is 22.6 Å². The Morgan fingerprint density at radius 3 is 2.79 bits per heavy atom. The van der Waals surface area contributed by atoms with Gasteiger partial charge in [0.2, 0.25) is 5.91 Å². The van der Waals surface area contributed by atoms with Crippen molar-refractivity contribution in [3.63, 3.8) is 0 Å². The predicted molar refractivity (Wildman–Crippen MR) is 66.2 cm³/mol. The third kappa shape index (κ3) is 1.70. The van der Waals surface area contributed by atoms with Gasteiger partial charge in [-0.05, 0) is 12.1 Å². The van der Waals surface area contributed by atoms with Crippen LogP contribution in [0.25, 0.3) is 11.0 Å². The standard InChI is InChI=1S/C12H11N3O4/c16-9-4-6(5-13-9)15-10-7(11(17)18)2-1-3-8(10)14-12(15)19/h1-3,6H,4-5H2,(H,13,16)(H,14,19)(H,17,18). The van der Waals surface area contributed by atoms with E-state index in [1.165, 1.54) is 10.6 Å². The maximum atomic E-state index is 12.0. The Labute approximate surface area is 106 Å². The summed E-state index contributed by atoms with van der Waals surface area (Å²) in [6.45, 7) is 0.333. The molecule has 0 saturated carbocycles. The highest BCUT2D eigenvalue weighted by Crippen LogP contribution is 2.23. The molecule has 98 valence electrons. The molecule has 19 heavy (non-hydrogen) atoms. The fourth-order valence-corrected chi connectivity index (χ4v) is 2.47. The number of H-pyrrole nitrogens is 1. The van der Waals surface area contributed by atoms with Crippen molar-refractivity contribution >= 4 is 22.9 Å². The normalized spacial score (nSPS) is 18.7. The first kappa shape index (κ1) is 11.5. The van der Waals surface area contributed by atoms with Crippen LogP contribution in [0.3, 0.4) is 0 Å². The molecule has 2 aromatic rings. The fraction of sp³-hybridized carbons (Fsp3) is 0.250. The average Bonchev–Trinajstić information content (AvgIpc) is 2.90. The molecule has 3 rings (SSSR count). The van der Waals surface area contributed by atoms with E-state index in [1.54, 1.807) is 12.1 Å². The van der Waals surface area contributed by atoms with E-state index in [0.29, 0.717) is 17.6 Å². The minimum atomic E-state index is -1.10. The number of carbonyl (C=O) groups excluding carboxylic acids is 1. The number of imidazole rings is 1. The van der Waals surface area contributed by atoms with E-state index in [0.717, 1.165) is 0 Å². The van der Waals surface area contributed by atoms with Gasteiger partial charge in [0.15, 0.2) is 0 Å².